The third-order valence-corrected chi connectivity index (χ3v) is 3.16. The first-order chi connectivity index (χ1) is 10.0. The molecule has 0 spiro atoms. The molecule has 3 N–H and O–H groups in total. The lowest BCUT2D eigenvalue weighted by Gasteiger charge is -2.21. The van der Waals surface area contributed by atoms with Crippen LogP contribution in [0, 0.1) is 11.3 Å². The standard InChI is InChI=1S/C16H15N3O2/c1-19(10-12-4-2-3-11(7-12)9-17)15-8-13(16(20)21)5-6-14(15)18/h2-8H,10,18H2,1H3,(H,20,21). The van der Waals surface area contributed by atoms with Crippen LogP contribution in [-0.4, -0.2) is 18.1 Å². The second-order valence-corrected chi connectivity index (χ2v) is 4.75. The topological polar surface area (TPSA) is 90.3 Å². The Morgan fingerprint density at radius 1 is 1.33 bits per heavy atom. The summed E-state index contributed by atoms with van der Waals surface area (Å²) < 4.78 is 0. The monoisotopic (exact) mass is 281 g/mol. The Labute approximate surface area is 122 Å². The number of rotatable bonds is 4. The lowest BCUT2D eigenvalue weighted by Crippen LogP contribution is -2.18. The van der Waals surface area contributed by atoms with Crippen LogP contribution in [0.5, 0.6) is 0 Å². The molecule has 0 saturated heterocycles. The van der Waals surface area contributed by atoms with Crippen molar-refractivity contribution < 1.29 is 9.90 Å². The zero-order valence-electron chi connectivity index (χ0n) is 11.6. The summed E-state index contributed by atoms with van der Waals surface area (Å²) in [7, 11) is 1.83. The number of anilines is 2. The molecular formula is C16H15N3O2. The molecule has 0 bridgehead atoms. The largest absolute Gasteiger partial charge is 0.478 e. The molecule has 0 saturated carbocycles. The van der Waals surface area contributed by atoms with E-state index in [0.717, 1.165) is 5.56 Å². The zero-order chi connectivity index (χ0) is 15.4. The van der Waals surface area contributed by atoms with E-state index < -0.39 is 5.97 Å². The van der Waals surface area contributed by atoms with Crippen molar-refractivity contribution in [2.75, 3.05) is 17.7 Å². The summed E-state index contributed by atoms with van der Waals surface area (Å²) in [5.41, 5.74) is 8.81. The van der Waals surface area contributed by atoms with Gasteiger partial charge in [0.15, 0.2) is 0 Å². The fourth-order valence-electron chi connectivity index (χ4n) is 2.11. The molecule has 0 radical (unpaired) electrons. The summed E-state index contributed by atoms with van der Waals surface area (Å²) in [6, 6.07) is 14.0. The van der Waals surface area contributed by atoms with Gasteiger partial charge in [-0.3, -0.25) is 0 Å². The number of benzene rings is 2. The summed E-state index contributed by atoms with van der Waals surface area (Å²) in [4.78, 5) is 12.9. The lowest BCUT2D eigenvalue weighted by molar-refractivity contribution is 0.0697. The molecule has 0 aliphatic heterocycles. The molecular weight excluding hydrogens is 266 g/mol. The Morgan fingerprint density at radius 3 is 2.76 bits per heavy atom. The lowest BCUT2D eigenvalue weighted by atomic mass is 10.1. The van der Waals surface area contributed by atoms with Crippen molar-refractivity contribution in [3.63, 3.8) is 0 Å². The highest BCUT2D eigenvalue weighted by Crippen LogP contribution is 2.25. The maximum absolute atomic E-state index is 11.0. The SMILES string of the molecule is CN(Cc1cccc(C#N)c1)c1cc(C(=O)O)ccc1N. The smallest absolute Gasteiger partial charge is 0.335 e. The van der Waals surface area contributed by atoms with E-state index in [4.69, 9.17) is 16.1 Å². The number of aromatic carboxylic acids is 1. The quantitative estimate of drug-likeness (QED) is 0.840. The average Bonchev–Trinajstić information content (AvgIpc) is 2.47. The van der Waals surface area contributed by atoms with E-state index in [1.165, 1.54) is 6.07 Å². The molecule has 0 fully saturated rings. The van der Waals surface area contributed by atoms with Crippen LogP contribution in [0.4, 0.5) is 11.4 Å². The molecule has 0 aromatic heterocycles. The van der Waals surface area contributed by atoms with Crippen LogP contribution >= 0.6 is 0 Å². The first-order valence-corrected chi connectivity index (χ1v) is 6.34. The van der Waals surface area contributed by atoms with E-state index in [1.54, 1.807) is 24.3 Å². The molecule has 0 heterocycles. The van der Waals surface area contributed by atoms with Gasteiger partial charge in [0.25, 0.3) is 0 Å². The van der Waals surface area contributed by atoms with Crippen LogP contribution < -0.4 is 10.6 Å². The molecule has 0 atom stereocenters. The molecule has 21 heavy (non-hydrogen) atoms. The minimum atomic E-state index is -0.990. The number of nitrogen functional groups attached to an aromatic ring is 1. The Kier molecular flexibility index (Phi) is 4.10. The normalized spacial score (nSPS) is 9.90. The van der Waals surface area contributed by atoms with Crippen molar-refractivity contribution in [3.8, 4) is 6.07 Å². The van der Waals surface area contributed by atoms with E-state index in [1.807, 2.05) is 24.1 Å². The number of nitrogens with two attached hydrogens (primary N) is 1. The minimum Gasteiger partial charge on any atom is -0.478 e. The third-order valence-electron chi connectivity index (χ3n) is 3.16. The highest BCUT2D eigenvalue weighted by molar-refractivity contribution is 5.90. The Balaban J connectivity index is 2.27. The maximum atomic E-state index is 11.0. The summed E-state index contributed by atoms with van der Waals surface area (Å²) in [6.07, 6.45) is 0. The van der Waals surface area contributed by atoms with Gasteiger partial charge in [0, 0.05) is 13.6 Å². The second-order valence-electron chi connectivity index (χ2n) is 4.75. The van der Waals surface area contributed by atoms with Crippen molar-refractivity contribution in [1.82, 2.24) is 0 Å². The Morgan fingerprint density at radius 2 is 2.10 bits per heavy atom. The zero-order valence-corrected chi connectivity index (χ0v) is 11.6. The Hall–Kier alpha value is -3.00. The average molecular weight is 281 g/mol. The van der Waals surface area contributed by atoms with Crippen LogP contribution in [0.25, 0.3) is 0 Å². The predicted molar refractivity (Wildman–Crippen MR) is 81.1 cm³/mol. The molecule has 5 heteroatoms. The number of carboxylic acid groups (broad SMARTS) is 1. The highest BCUT2D eigenvalue weighted by atomic mass is 16.4. The third kappa shape index (κ3) is 3.31. The summed E-state index contributed by atoms with van der Waals surface area (Å²) in [5.74, 6) is -0.990. The van der Waals surface area contributed by atoms with Crippen molar-refractivity contribution in [2.45, 2.75) is 6.54 Å². The number of hydrogen-bond donors (Lipinski definition) is 2. The van der Waals surface area contributed by atoms with Gasteiger partial charge in [0.1, 0.15) is 0 Å². The fourth-order valence-corrected chi connectivity index (χ4v) is 2.11. The van der Waals surface area contributed by atoms with Crippen LogP contribution in [-0.2, 0) is 6.54 Å². The van der Waals surface area contributed by atoms with Crippen molar-refractivity contribution in [3.05, 3.63) is 59.2 Å². The molecule has 106 valence electrons. The number of hydrogen-bond acceptors (Lipinski definition) is 4. The van der Waals surface area contributed by atoms with Gasteiger partial charge in [-0.15, -0.1) is 0 Å². The molecule has 0 aliphatic rings. The van der Waals surface area contributed by atoms with Crippen LogP contribution in [0.1, 0.15) is 21.5 Å². The van der Waals surface area contributed by atoms with E-state index >= 15 is 0 Å². The van der Waals surface area contributed by atoms with Gasteiger partial charge < -0.3 is 15.7 Å². The minimum absolute atomic E-state index is 0.192. The van der Waals surface area contributed by atoms with Gasteiger partial charge >= 0.3 is 5.97 Å². The van der Waals surface area contributed by atoms with E-state index in [2.05, 4.69) is 6.07 Å². The van der Waals surface area contributed by atoms with Gasteiger partial charge in [0.2, 0.25) is 0 Å². The number of carboxylic acids is 1. The molecule has 2 aromatic carbocycles. The number of nitriles is 1. The fraction of sp³-hybridized carbons (Fsp3) is 0.125. The van der Waals surface area contributed by atoms with Gasteiger partial charge in [-0.25, -0.2) is 4.79 Å². The molecule has 0 unspecified atom stereocenters. The van der Waals surface area contributed by atoms with E-state index in [-0.39, 0.29) is 5.56 Å². The van der Waals surface area contributed by atoms with Crippen molar-refractivity contribution >= 4 is 17.3 Å². The van der Waals surface area contributed by atoms with Gasteiger partial charge in [-0.2, -0.15) is 5.26 Å². The first kappa shape index (κ1) is 14.4. The van der Waals surface area contributed by atoms with E-state index in [9.17, 15) is 4.79 Å². The van der Waals surface area contributed by atoms with Crippen LogP contribution in [0.15, 0.2) is 42.5 Å². The number of carbonyl (C=O) groups is 1. The van der Waals surface area contributed by atoms with Gasteiger partial charge in [-0.05, 0) is 35.9 Å². The van der Waals surface area contributed by atoms with Crippen molar-refractivity contribution in [1.29, 1.82) is 5.26 Å². The van der Waals surface area contributed by atoms with E-state index in [0.29, 0.717) is 23.5 Å². The molecule has 5 nitrogen and oxygen atoms in total. The summed E-state index contributed by atoms with van der Waals surface area (Å²) >= 11 is 0. The summed E-state index contributed by atoms with van der Waals surface area (Å²) in [6.45, 7) is 0.531. The first-order valence-electron chi connectivity index (χ1n) is 6.34. The van der Waals surface area contributed by atoms with Gasteiger partial charge in [-0.1, -0.05) is 12.1 Å². The Bertz CT molecular complexity index is 720. The highest BCUT2D eigenvalue weighted by Gasteiger charge is 2.11. The van der Waals surface area contributed by atoms with Crippen LogP contribution in [0.2, 0.25) is 0 Å². The van der Waals surface area contributed by atoms with Gasteiger partial charge in [0.05, 0.1) is 28.6 Å². The molecule has 0 aliphatic carbocycles. The molecule has 2 aromatic rings. The molecule has 2 rings (SSSR count). The number of nitrogens with zero attached hydrogens (tertiary/aromatic N) is 2. The second kappa shape index (κ2) is 5.97. The molecule has 0 amide bonds. The van der Waals surface area contributed by atoms with Crippen molar-refractivity contribution in [2.24, 2.45) is 0 Å². The maximum Gasteiger partial charge on any atom is 0.335 e. The van der Waals surface area contributed by atoms with Crippen LogP contribution in [0.3, 0.4) is 0 Å². The predicted octanol–water partition coefficient (Wildman–Crippen LogP) is 2.48. The summed E-state index contributed by atoms with van der Waals surface area (Å²) in [5, 5.41) is 18.0.